The van der Waals surface area contributed by atoms with Gasteiger partial charge in [0.25, 0.3) is 5.91 Å². The van der Waals surface area contributed by atoms with Gasteiger partial charge in [0, 0.05) is 37.4 Å². The number of nitrogens with one attached hydrogen (secondary N) is 1. The first-order valence-electron chi connectivity index (χ1n) is 11.4. The van der Waals surface area contributed by atoms with Crippen molar-refractivity contribution >= 4 is 23.4 Å². The van der Waals surface area contributed by atoms with Crippen molar-refractivity contribution in [2.24, 2.45) is 5.41 Å². The first-order chi connectivity index (χ1) is 16.6. The van der Waals surface area contributed by atoms with Gasteiger partial charge < -0.3 is 19.9 Å². The molecule has 4 rings (SSSR count). The van der Waals surface area contributed by atoms with E-state index in [9.17, 15) is 27.6 Å². The van der Waals surface area contributed by atoms with E-state index in [1.807, 2.05) is 0 Å². The summed E-state index contributed by atoms with van der Waals surface area (Å²) >= 11 is 0. The van der Waals surface area contributed by atoms with Gasteiger partial charge in [-0.2, -0.15) is 0 Å². The minimum atomic E-state index is -4.77. The lowest BCUT2D eigenvalue weighted by Gasteiger charge is -2.39. The van der Waals surface area contributed by atoms with Crippen LogP contribution in [0.3, 0.4) is 0 Å². The van der Waals surface area contributed by atoms with Gasteiger partial charge in [0.2, 0.25) is 0 Å². The molecule has 3 amide bonds. The lowest BCUT2D eigenvalue weighted by Crippen LogP contribution is -2.45. The highest BCUT2D eigenvalue weighted by Gasteiger charge is 2.43. The van der Waals surface area contributed by atoms with Crippen molar-refractivity contribution in [2.45, 2.75) is 32.5 Å². The Bertz CT molecular complexity index is 1110. The molecule has 1 N–H and O–H groups in total. The van der Waals surface area contributed by atoms with E-state index >= 15 is 0 Å². The summed E-state index contributed by atoms with van der Waals surface area (Å²) in [6.45, 7) is 3.63. The van der Waals surface area contributed by atoms with Gasteiger partial charge >= 0.3 is 12.4 Å². The Morgan fingerprint density at radius 3 is 2.03 bits per heavy atom. The van der Waals surface area contributed by atoms with Crippen LogP contribution in [0.5, 0.6) is 5.75 Å². The molecule has 1 spiro atoms. The Labute approximate surface area is 200 Å². The van der Waals surface area contributed by atoms with Crippen LogP contribution in [0.15, 0.2) is 48.5 Å². The molecule has 2 aliphatic rings. The quantitative estimate of drug-likeness (QED) is 0.617. The van der Waals surface area contributed by atoms with Crippen molar-refractivity contribution in [1.29, 1.82) is 0 Å². The van der Waals surface area contributed by atoms with Crippen LogP contribution in [0.4, 0.5) is 23.7 Å². The van der Waals surface area contributed by atoms with Gasteiger partial charge in [-0.05, 0) is 61.9 Å². The molecule has 2 aromatic rings. The molecule has 2 heterocycles. The monoisotopic (exact) mass is 489 g/mol. The number of carbonyl (C=O) groups excluding carboxylic acids is 3. The van der Waals surface area contributed by atoms with Gasteiger partial charge in [-0.15, -0.1) is 13.2 Å². The standard InChI is InChI=1S/C25H26F3N3O4/c1-17(32)20-4-2-3-5-21(20)22(33)30-13-10-24(11-14-30)12-15-31(16-24)23(34)29-18-6-8-19(9-7-18)35-25(26,27)28/h2-9H,10-16H2,1H3,(H,29,34). The Kier molecular flexibility index (Phi) is 6.73. The molecule has 0 aromatic heterocycles. The number of ketones is 1. The van der Waals surface area contributed by atoms with Gasteiger partial charge in [0.05, 0.1) is 5.56 Å². The minimum absolute atomic E-state index is 0.0847. The Morgan fingerprint density at radius 2 is 1.46 bits per heavy atom. The molecule has 0 atom stereocenters. The van der Waals surface area contributed by atoms with Gasteiger partial charge in [0.15, 0.2) is 5.78 Å². The smallest absolute Gasteiger partial charge is 0.406 e. The van der Waals surface area contributed by atoms with Gasteiger partial charge in [-0.3, -0.25) is 9.59 Å². The topological polar surface area (TPSA) is 79.0 Å². The maximum atomic E-state index is 13.0. The Balaban J connectivity index is 1.31. The average Bonchev–Trinajstić information content (AvgIpc) is 3.23. The molecular formula is C25H26F3N3O4. The van der Waals surface area contributed by atoms with Crippen LogP contribution in [-0.4, -0.2) is 60.1 Å². The predicted molar refractivity (Wildman–Crippen MR) is 122 cm³/mol. The van der Waals surface area contributed by atoms with Crippen LogP contribution in [-0.2, 0) is 0 Å². The lowest BCUT2D eigenvalue weighted by atomic mass is 9.77. The Hall–Kier alpha value is -3.56. The van der Waals surface area contributed by atoms with Crippen LogP contribution in [0.2, 0.25) is 0 Å². The minimum Gasteiger partial charge on any atom is -0.406 e. The van der Waals surface area contributed by atoms with Crippen LogP contribution < -0.4 is 10.1 Å². The summed E-state index contributed by atoms with van der Waals surface area (Å²) in [6.07, 6.45) is -2.47. The SMILES string of the molecule is CC(=O)c1ccccc1C(=O)N1CCC2(CCN(C(=O)Nc3ccc(OC(F)(F)F)cc3)C2)CC1. The summed E-state index contributed by atoms with van der Waals surface area (Å²) in [6, 6.07) is 11.5. The number of likely N-dealkylation sites (tertiary alicyclic amines) is 2. The maximum absolute atomic E-state index is 13.0. The molecule has 0 radical (unpaired) electrons. The number of ether oxygens (including phenoxy) is 1. The summed E-state index contributed by atoms with van der Waals surface area (Å²) in [5.74, 6) is -0.665. The molecule has 0 bridgehead atoms. The number of hydrogen-bond donors (Lipinski definition) is 1. The molecule has 0 saturated carbocycles. The van der Waals surface area contributed by atoms with Gasteiger partial charge in [0.1, 0.15) is 5.75 Å². The van der Waals surface area contributed by atoms with Crippen molar-refractivity contribution in [3.05, 3.63) is 59.7 Å². The molecule has 2 saturated heterocycles. The summed E-state index contributed by atoms with van der Waals surface area (Å²) in [7, 11) is 0. The molecule has 2 aromatic carbocycles. The number of halogens is 3. The predicted octanol–water partition coefficient (Wildman–Crippen LogP) is 4.95. The second kappa shape index (κ2) is 9.59. The molecule has 0 unspecified atom stereocenters. The number of piperidine rings is 1. The van der Waals surface area contributed by atoms with Crippen molar-refractivity contribution in [3.8, 4) is 5.75 Å². The number of alkyl halides is 3. The number of amides is 3. The largest absolute Gasteiger partial charge is 0.573 e. The highest BCUT2D eigenvalue weighted by Crippen LogP contribution is 2.41. The molecule has 0 aliphatic carbocycles. The molecular weight excluding hydrogens is 463 g/mol. The zero-order chi connectivity index (χ0) is 25.2. The number of Topliss-reactive ketones (excluding diaryl/α,β-unsaturated/α-hetero) is 1. The van der Waals surface area contributed by atoms with E-state index in [1.165, 1.54) is 19.1 Å². The van der Waals surface area contributed by atoms with Crippen molar-refractivity contribution < 1.29 is 32.3 Å². The van der Waals surface area contributed by atoms with E-state index in [4.69, 9.17) is 0 Å². The van der Waals surface area contributed by atoms with E-state index in [0.29, 0.717) is 43.0 Å². The van der Waals surface area contributed by atoms with Crippen molar-refractivity contribution in [1.82, 2.24) is 9.80 Å². The average molecular weight is 489 g/mol. The van der Waals surface area contributed by atoms with Crippen molar-refractivity contribution in [3.63, 3.8) is 0 Å². The van der Waals surface area contributed by atoms with Crippen LogP contribution in [0.1, 0.15) is 46.9 Å². The molecule has 7 nitrogen and oxygen atoms in total. The third-order valence-corrected chi connectivity index (χ3v) is 6.71. The molecule has 186 valence electrons. The third kappa shape index (κ3) is 5.75. The van der Waals surface area contributed by atoms with Gasteiger partial charge in [-0.25, -0.2) is 4.79 Å². The van der Waals surface area contributed by atoms with Crippen molar-refractivity contribution in [2.75, 3.05) is 31.5 Å². The van der Waals surface area contributed by atoms with Crippen LogP contribution in [0, 0.1) is 5.41 Å². The number of benzene rings is 2. The Morgan fingerprint density at radius 1 is 0.886 bits per heavy atom. The highest BCUT2D eigenvalue weighted by molar-refractivity contribution is 6.07. The number of anilines is 1. The van der Waals surface area contributed by atoms with Crippen LogP contribution >= 0.6 is 0 Å². The number of rotatable bonds is 4. The fourth-order valence-corrected chi connectivity index (χ4v) is 4.79. The summed E-state index contributed by atoms with van der Waals surface area (Å²) in [4.78, 5) is 41.1. The van der Waals surface area contributed by atoms with Crippen LogP contribution in [0.25, 0.3) is 0 Å². The molecule has 2 aliphatic heterocycles. The first-order valence-corrected chi connectivity index (χ1v) is 11.4. The summed E-state index contributed by atoms with van der Waals surface area (Å²) in [5.41, 5.74) is 1.11. The second-order valence-corrected chi connectivity index (χ2v) is 9.07. The number of hydrogen-bond acceptors (Lipinski definition) is 4. The number of urea groups is 1. The van der Waals surface area contributed by atoms with Gasteiger partial charge in [-0.1, -0.05) is 18.2 Å². The first kappa shape index (κ1) is 24.6. The lowest BCUT2D eigenvalue weighted by molar-refractivity contribution is -0.274. The summed E-state index contributed by atoms with van der Waals surface area (Å²) in [5, 5.41) is 2.71. The van der Waals surface area contributed by atoms with E-state index in [-0.39, 0.29) is 28.9 Å². The van der Waals surface area contributed by atoms with E-state index in [2.05, 4.69) is 10.1 Å². The number of nitrogens with zero attached hydrogens (tertiary/aromatic N) is 2. The molecule has 10 heteroatoms. The zero-order valence-corrected chi connectivity index (χ0v) is 19.2. The normalized spacial score (nSPS) is 17.4. The third-order valence-electron chi connectivity index (χ3n) is 6.71. The number of carbonyl (C=O) groups is 3. The van der Waals surface area contributed by atoms with E-state index < -0.39 is 6.36 Å². The molecule has 35 heavy (non-hydrogen) atoms. The van der Waals surface area contributed by atoms with E-state index in [0.717, 1.165) is 31.4 Å². The second-order valence-electron chi connectivity index (χ2n) is 9.07. The fraction of sp³-hybridized carbons (Fsp3) is 0.400. The van der Waals surface area contributed by atoms with E-state index in [1.54, 1.807) is 34.1 Å². The highest BCUT2D eigenvalue weighted by atomic mass is 19.4. The fourth-order valence-electron chi connectivity index (χ4n) is 4.79. The summed E-state index contributed by atoms with van der Waals surface area (Å²) < 4.78 is 40.7. The maximum Gasteiger partial charge on any atom is 0.573 e. The molecule has 2 fully saturated rings. The zero-order valence-electron chi connectivity index (χ0n) is 19.2.